The molecule has 214 valence electrons. The molecular formula is C29H31F2N7O3. The first-order valence-electron chi connectivity index (χ1n) is 13.8. The first-order chi connectivity index (χ1) is 19.8. The number of benzene rings is 2. The Morgan fingerprint density at radius 1 is 1.07 bits per heavy atom. The third-order valence-corrected chi connectivity index (χ3v) is 7.81. The van der Waals surface area contributed by atoms with Crippen LogP contribution in [0.3, 0.4) is 0 Å². The molecule has 0 aliphatic carbocycles. The summed E-state index contributed by atoms with van der Waals surface area (Å²) in [7, 11) is 0. The van der Waals surface area contributed by atoms with Crippen LogP contribution in [-0.4, -0.2) is 75.5 Å². The summed E-state index contributed by atoms with van der Waals surface area (Å²) >= 11 is 0. The third kappa shape index (κ3) is 5.08. The Labute approximate surface area is 235 Å². The molecule has 0 bridgehead atoms. The molecule has 0 atom stereocenters. The van der Waals surface area contributed by atoms with E-state index in [-0.39, 0.29) is 36.7 Å². The SMILES string of the molecule is CC(C)c1noc(C2CCN(c3ncnc4c(-c5ccc(N6CCN(CCO)C6=O)c(F)c5)cc(F)cc34)CC2)n1. The van der Waals surface area contributed by atoms with Gasteiger partial charge >= 0.3 is 6.03 Å². The third-order valence-electron chi connectivity index (χ3n) is 7.81. The molecule has 2 amide bonds. The molecule has 2 aliphatic heterocycles. The molecule has 0 unspecified atom stereocenters. The summed E-state index contributed by atoms with van der Waals surface area (Å²) in [6.07, 6.45) is 3.01. The number of fused-ring (bicyclic) bond motifs is 1. The molecule has 0 spiro atoms. The highest BCUT2D eigenvalue weighted by Gasteiger charge is 2.31. The Morgan fingerprint density at radius 3 is 2.59 bits per heavy atom. The molecule has 6 rings (SSSR count). The van der Waals surface area contributed by atoms with Crippen LogP contribution in [0.2, 0.25) is 0 Å². The molecule has 2 aliphatic rings. The van der Waals surface area contributed by atoms with Crippen LogP contribution in [0.25, 0.3) is 22.0 Å². The number of urea groups is 1. The van der Waals surface area contributed by atoms with Crippen LogP contribution in [0.5, 0.6) is 0 Å². The van der Waals surface area contributed by atoms with Gasteiger partial charge in [0, 0.05) is 55.5 Å². The molecule has 12 heteroatoms. The van der Waals surface area contributed by atoms with Crippen molar-refractivity contribution in [3.63, 3.8) is 0 Å². The van der Waals surface area contributed by atoms with Gasteiger partial charge in [-0.25, -0.2) is 23.5 Å². The first kappa shape index (κ1) is 27.0. The number of nitrogens with zero attached hydrogens (tertiary/aromatic N) is 7. The van der Waals surface area contributed by atoms with E-state index in [4.69, 9.17) is 9.63 Å². The largest absolute Gasteiger partial charge is 0.395 e. The van der Waals surface area contributed by atoms with Gasteiger partial charge in [-0.2, -0.15) is 4.98 Å². The number of carbonyl (C=O) groups excluding carboxylic acids is 1. The summed E-state index contributed by atoms with van der Waals surface area (Å²) < 4.78 is 35.9. The maximum Gasteiger partial charge on any atom is 0.324 e. The van der Waals surface area contributed by atoms with Gasteiger partial charge in [0.25, 0.3) is 0 Å². The second-order valence-electron chi connectivity index (χ2n) is 10.8. The van der Waals surface area contributed by atoms with Gasteiger partial charge in [0.05, 0.1) is 17.8 Å². The molecule has 0 radical (unpaired) electrons. The van der Waals surface area contributed by atoms with Crippen LogP contribution >= 0.6 is 0 Å². The van der Waals surface area contributed by atoms with E-state index in [0.29, 0.717) is 65.7 Å². The number of aromatic nitrogens is 4. The van der Waals surface area contributed by atoms with Gasteiger partial charge in [-0.1, -0.05) is 25.1 Å². The van der Waals surface area contributed by atoms with Gasteiger partial charge in [-0.15, -0.1) is 0 Å². The van der Waals surface area contributed by atoms with Crippen molar-refractivity contribution in [2.45, 2.75) is 38.5 Å². The average Bonchev–Trinajstić information content (AvgIpc) is 3.60. The fraction of sp³-hybridized carbons (Fsp3) is 0.414. The van der Waals surface area contributed by atoms with Crippen LogP contribution < -0.4 is 9.80 Å². The normalized spacial score (nSPS) is 16.5. The van der Waals surface area contributed by atoms with Crippen LogP contribution in [0.4, 0.5) is 25.1 Å². The fourth-order valence-electron chi connectivity index (χ4n) is 5.61. The zero-order chi connectivity index (χ0) is 28.7. The van der Waals surface area contributed by atoms with E-state index in [2.05, 4.69) is 25.0 Å². The maximum atomic E-state index is 15.4. The molecule has 2 aromatic carbocycles. The molecule has 1 N–H and O–H groups in total. The molecule has 41 heavy (non-hydrogen) atoms. The van der Waals surface area contributed by atoms with E-state index in [1.165, 1.54) is 40.4 Å². The second-order valence-corrected chi connectivity index (χ2v) is 10.8. The Balaban J connectivity index is 1.27. The molecule has 0 saturated carbocycles. The Bertz CT molecular complexity index is 1590. The molecule has 4 heterocycles. The first-order valence-corrected chi connectivity index (χ1v) is 13.8. The molecule has 2 saturated heterocycles. The van der Waals surface area contributed by atoms with E-state index in [9.17, 15) is 9.18 Å². The lowest BCUT2D eigenvalue weighted by Gasteiger charge is -2.32. The highest BCUT2D eigenvalue weighted by Crippen LogP contribution is 2.37. The average molecular weight is 564 g/mol. The Kier molecular flexibility index (Phi) is 7.24. The Hall–Kier alpha value is -4.19. The van der Waals surface area contributed by atoms with Gasteiger partial charge in [0.15, 0.2) is 5.82 Å². The molecule has 10 nitrogen and oxygen atoms in total. The summed E-state index contributed by atoms with van der Waals surface area (Å²) in [5.41, 5.74) is 1.52. The number of carbonyl (C=O) groups is 1. The molecule has 2 fully saturated rings. The van der Waals surface area contributed by atoms with Gasteiger partial charge in [-0.05, 0) is 42.7 Å². The zero-order valence-corrected chi connectivity index (χ0v) is 22.9. The van der Waals surface area contributed by atoms with Crippen LogP contribution in [0, 0.1) is 11.6 Å². The van der Waals surface area contributed by atoms with Crippen molar-refractivity contribution in [3.8, 4) is 11.1 Å². The number of amides is 2. The van der Waals surface area contributed by atoms with Gasteiger partial charge in [0.1, 0.15) is 23.8 Å². The number of hydrogen-bond acceptors (Lipinski definition) is 8. The number of hydrogen-bond donors (Lipinski definition) is 1. The number of aliphatic hydroxyl groups is 1. The maximum absolute atomic E-state index is 15.4. The van der Waals surface area contributed by atoms with E-state index in [1.54, 1.807) is 6.07 Å². The van der Waals surface area contributed by atoms with Crippen LogP contribution in [0.1, 0.15) is 50.2 Å². The monoisotopic (exact) mass is 563 g/mol. The lowest BCUT2D eigenvalue weighted by molar-refractivity contribution is 0.199. The number of halogens is 2. The van der Waals surface area contributed by atoms with Crippen LogP contribution in [0.15, 0.2) is 41.2 Å². The lowest BCUT2D eigenvalue weighted by Crippen LogP contribution is -2.34. The quantitative estimate of drug-likeness (QED) is 0.345. The van der Waals surface area contributed by atoms with Crippen molar-refractivity contribution in [3.05, 3.63) is 60.0 Å². The van der Waals surface area contributed by atoms with Crippen molar-refractivity contribution in [2.75, 3.05) is 49.1 Å². The summed E-state index contributed by atoms with van der Waals surface area (Å²) in [5.74, 6) is 1.22. The Morgan fingerprint density at radius 2 is 1.88 bits per heavy atom. The molecular weight excluding hydrogens is 532 g/mol. The van der Waals surface area contributed by atoms with Crippen LogP contribution in [-0.2, 0) is 0 Å². The van der Waals surface area contributed by atoms with Gasteiger partial charge in [0.2, 0.25) is 5.89 Å². The minimum Gasteiger partial charge on any atom is -0.395 e. The van der Waals surface area contributed by atoms with E-state index in [0.717, 1.165) is 12.8 Å². The summed E-state index contributed by atoms with van der Waals surface area (Å²) in [6.45, 7) is 6.14. The minimum absolute atomic E-state index is 0.139. The van der Waals surface area contributed by atoms with Gasteiger partial charge < -0.3 is 19.4 Å². The predicted octanol–water partition coefficient (Wildman–Crippen LogP) is 4.70. The van der Waals surface area contributed by atoms with Crippen molar-refractivity contribution < 1.29 is 23.2 Å². The fourth-order valence-corrected chi connectivity index (χ4v) is 5.61. The highest BCUT2D eigenvalue weighted by molar-refractivity contribution is 6.00. The minimum atomic E-state index is -0.600. The van der Waals surface area contributed by atoms with Crippen molar-refractivity contribution >= 4 is 28.4 Å². The predicted molar refractivity (Wildman–Crippen MR) is 149 cm³/mol. The van der Waals surface area contributed by atoms with Crippen molar-refractivity contribution in [1.29, 1.82) is 0 Å². The van der Waals surface area contributed by atoms with E-state index >= 15 is 4.39 Å². The number of anilines is 2. The van der Waals surface area contributed by atoms with E-state index < -0.39 is 11.6 Å². The summed E-state index contributed by atoms with van der Waals surface area (Å²) in [4.78, 5) is 31.1. The summed E-state index contributed by atoms with van der Waals surface area (Å²) in [6, 6.07) is 6.88. The standard InChI is InChI=1S/C29H31F2N7O3/c1-17(2)26-34-28(41-35-26)18-5-7-36(8-6-18)27-22-15-20(30)14-21(25(22)32-16-33-27)19-3-4-24(23(31)13-19)38-10-9-37(11-12-39)29(38)40/h3-4,13-18,39H,5-12H2,1-2H3. The zero-order valence-electron chi connectivity index (χ0n) is 22.9. The number of rotatable bonds is 7. The molecule has 4 aromatic rings. The summed E-state index contributed by atoms with van der Waals surface area (Å²) in [5, 5.41) is 13.8. The number of piperidine rings is 1. The lowest BCUT2D eigenvalue weighted by atomic mass is 9.96. The number of β-amino-alcohol motifs (C(OH)–C–C–N with tert-alkyl or cyclic N) is 1. The topological polar surface area (TPSA) is 112 Å². The van der Waals surface area contributed by atoms with E-state index in [1.807, 2.05) is 13.8 Å². The van der Waals surface area contributed by atoms with Crippen molar-refractivity contribution in [1.82, 2.24) is 25.0 Å². The van der Waals surface area contributed by atoms with Gasteiger partial charge in [-0.3, -0.25) is 4.90 Å². The number of aliphatic hydroxyl groups excluding tert-OH is 1. The smallest absolute Gasteiger partial charge is 0.324 e. The van der Waals surface area contributed by atoms with Crippen molar-refractivity contribution in [2.24, 2.45) is 0 Å². The second kappa shape index (κ2) is 11.0. The molecule has 2 aromatic heterocycles. The highest BCUT2D eigenvalue weighted by atomic mass is 19.1.